The van der Waals surface area contributed by atoms with Crippen LogP contribution in [-0.4, -0.2) is 26.4 Å². The van der Waals surface area contributed by atoms with Crippen molar-refractivity contribution in [3.05, 3.63) is 28.8 Å². The zero-order valence-corrected chi connectivity index (χ0v) is 11.1. The summed E-state index contributed by atoms with van der Waals surface area (Å²) in [5.74, 6) is -0.442. The summed E-state index contributed by atoms with van der Waals surface area (Å²) in [7, 11) is -3.16. The van der Waals surface area contributed by atoms with Crippen molar-refractivity contribution in [1.82, 2.24) is 0 Å². The van der Waals surface area contributed by atoms with Gasteiger partial charge in [0.15, 0.2) is 0 Å². The average Bonchev–Trinajstić information content (AvgIpc) is 2.20. The quantitative estimate of drug-likeness (QED) is 0.623. The molecule has 0 radical (unpaired) electrons. The van der Waals surface area contributed by atoms with Crippen LogP contribution in [-0.2, 0) is 14.6 Å². The first-order chi connectivity index (χ1) is 7.78. The maximum Gasteiger partial charge on any atom is 0.312 e. The summed E-state index contributed by atoms with van der Waals surface area (Å²) in [6.45, 7) is 1.77. The smallest absolute Gasteiger partial charge is 0.312 e. The van der Waals surface area contributed by atoms with Gasteiger partial charge in [-0.15, -0.1) is 0 Å². The molecule has 0 N–H and O–H groups in total. The van der Waals surface area contributed by atoms with Crippen LogP contribution in [0.3, 0.4) is 0 Å². The van der Waals surface area contributed by atoms with E-state index < -0.39 is 15.8 Å². The van der Waals surface area contributed by atoms with Gasteiger partial charge in [0.1, 0.15) is 15.6 Å². The molecule has 1 aromatic carbocycles. The van der Waals surface area contributed by atoms with Crippen LogP contribution >= 0.6 is 11.6 Å². The van der Waals surface area contributed by atoms with E-state index in [2.05, 4.69) is 0 Å². The predicted molar refractivity (Wildman–Crippen MR) is 66.2 cm³/mol. The van der Waals surface area contributed by atoms with Gasteiger partial charge in [-0.2, -0.15) is 0 Å². The number of hydrogen-bond acceptors (Lipinski definition) is 4. The molecule has 0 bridgehead atoms. The number of rotatable bonds is 4. The highest BCUT2D eigenvalue weighted by Crippen LogP contribution is 2.22. The Morgan fingerprint density at radius 1 is 1.41 bits per heavy atom. The van der Waals surface area contributed by atoms with Gasteiger partial charge in [0.05, 0.1) is 12.2 Å². The average molecular weight is 277 g/mol. The van der Waals surface area contributed by atoms with Crippen LogP contribution in [0.15, 0.2) is 18.2 Å². The van der Waals surface area contributed by atoms with Gasteiger partial charge >= 0.3 is 5.97 Å². The minimum atomic E-state index is -3.16. The Morgan fingerprint density at radius 3 is 2.65 bits per heavy atom. The maximum atomic E-state index is 11.4. The van der Waals surface area contributed by atoms with Crippen molar-refractivity contribution in [2.75, 3.05) is 12.0 Å². The minimum Gasteiger partial charge on any atom is -0.426 e. The summed E-state index contributed by atoms with van der Waals surface area (Å²) in [5.41, 5.74) is 0.766. The van der Waals surface area contributed by atoms with Crippen LogP contribution in [0.2, 0.25) is 5.02 Å². The number of sulfone groups is 1. The Hall–Kier alpha value is -1.07. The van der Waals surface area contributed by atoms with Gasteiger partial charge < -0.3 is 4.74 Å². The van der Waals surface area contributed by atoms with Gasteiger partial charge in [0.25, 0.3) is 0 Å². The Labute approximate surface area is 105 Å². The Bertz CT molecular complexity index is 522. The van der Waals surface area contributed by atoms with Crippen LogP contribution in [0, 0.1) is 6.92 Å². The second-order valence-electron chi connectivity index (χ2n) is 3.76. The van der Waals surface area contributed by atoms with E-state index in [1.165, 1.54) is 6.07 Å². The molecular weight excluding hydrogens is 264 g/mol. The van der Waals surface area contributed by atoms with Crippen molar-refractivity contribution in [1.29, 1.82) is 0 Å². The molecule has 1 aromatic rings. The van der Waals surface area contributed by atoms with E-state index in [4.69, 9.17) is 16.3 Å². The summed E-state index contributed by atoms with van der Waals surface area (Å²) in [4.78, 5) is 11.4. The van der Waals surface area contributed by atoms with E-state index in [0.717, 1.165) is 11.8 Å². The number of esters is 1. The summed E-state index contributed by atoms with van der Waals surface area (Å²) < 4.78 is 26.8. The van der Waals surface area contributed by atoms with Gasteiger partial charge in [-0.1, -0.05) is 17.7 Å². The Kier molecular flexibility index (Phi) is 4.54. The first-order valence-electron chi connectivity index (χ1n) is 4.92. The van der Waals surface area contributed by atoms with Crippen LogP contribution in [0.25, 0.3) is 0 Å². The molecule has 0 saturated carbocycles. The normalized spacial score (nSPS) is 11.2. The van der Waals surface area contributed by atoms with E-state index in [1.807, 2.05) is 0 Å². The molecule has 4 nitrogen and oxygen atoms in total. The largest absolute Gasteiger partial charge is 0.426 e. The molecule has 0 amide bonds. The number of aryl methyl sites for hydroxylation is 1. The SMILES string of the molecule is Cc1ccc(Cl)cc1OC(=O)CCS(C)(=O)=O. The van der Waals surface area contributed by atoms with Gasteiger partial charge in [0.2, 0.25) is 0 Å². The molecule has 6 heteroatoms. The Morgan fingerprint density at radius 2 is 2.06 bits per heavy atom. The van der Waals surface area contributed by atoms with Crippen LogP contribution in [0.5, 0.6) is 5.75 Å². The van der Waals surface area contributed by atoms with Crippen molar-refractivity contribution in [3.8, 4) is 5.75 Å². The number of carbonyl (C=O) groups is 1. The van der Waals surface area contributed by atoms with Crippen molar-refractivity contribution in [3.63, 3.8) is 0 Å². The van der Waals surface area contributed by atoms with Gasteiger partial charge in [0, 0.05) is 11.3 Å². The zero-order chi connectivity index (χ0) is 13.1. The first-order valence-corrected chi connectivity index (χ1v) is 7.36. The molecule has 0 aliphatic rings. The highest BCUT2D eigenvalue weighted by Gasteiger charge is 2.11. The summed E-state index contributed by atoms with van der Waals surface area (Å²) in [6, 6.07) is 4.93. The maximum absolute atomic E-state index is 11.4. The fourth-order valence-electron chi connectivity index (χ4n) is 1.13. The number of benzene rings is 1. The lowest BCUT2D eigenvalue weighted by molar-refractivity contribution is -0.133. The van der Waals surface area contributed by atoms with E-state index in [-0.39, 0.29) is 12.2 Å². The van der Waals surface area contributed by atoms with Crippen LogP contribution < -0.4 is 4.74 Å². The monoisotopic (exact) mass is 276 g/mol. The number of ether oxygens (including phenoxy) is 1. The fraction of sp³-hybridized carbons (Fsp3) is 0.364. The van der Waals surface area contributed by atoms with E-state index >= 15 is 0 Å². The molecule has 0 unspecified atom stereocenters. The summed E-state index contributed by atoms with van der Waals surface area (Å²) in [6.07, 6.45) is 0.912. The molecule has 0 aromatic heterocycles. The minimum absolute atomic E-state index is 0.162. The third-order valence-electron chi connectivity index (χ3n) is 2.05. The molecule has 0 aliphatic carbocycles. The number of hydrogen-bond donors (Lipinski definition) is 0. The molecule has 0 atom stereocenters. The molecule has 0 saturated heterocycles. The molecule has 1 rings (SSSR count). The molecule has 0 fully saturated rings. The molecule has 0 spiro atoms. The van der Waals surface area contributed by atoms with E-state index in [0.29, 0.717) is 10.8 Å². The van der Waals surface area contributed by atoms with Gasteiger partial charge in [-0.05, 0) is 24.6 Å². The molecule has 0 heterocycles. The second-order valence-corrected chi connectivity index (χ2v) is 6.46. The molecule has 0 aliphatic heterocycles. The third kappa shape index (κ3) is 5.19. The van der Waals surface area contributed by atoms with Crippen molar-refractivity contribution >= 4 is 27.4 Å². The number of halogens is 1. The third-order valence-corrected chi connectivity index (χ3v) is 3.23. The topological polar surface area (TPSA) is 60.4 Å². The summed E-state index contributed by atoms with van der Waals surface area (Å²) >= 11 is 5.76. The first kappa shape index (κ1) is 14.0. The molecule has 94 valence electrons. The lowest BCUT2D eigenvalue weighted by Gasteiger charge is -2.07. The lowest BCUT2D eigenvalue weighted by atomic mass is 10.2. The van der Waals surface area contributed by atoms with Gasteiger partial charge in [-0.3, -0.25) is 4.79 Å². The fourth-order valence-corrected chi connectivity index (χ4v) is 1.83. The van der Waals surface area contributed by atoms with Crippen LogP contribution in [0.4, 0.5) is 0 Å². The predicted octanol–water partition coefficient (Wildman–Crippen LogP) is 1.99. The Balaban J connectivity index is 2.65. The molecule has 17 heavy (non-hydrogen) atoms. The van der Waals surface area contributed by atoms with Crippen molar-refractivity contribution in [2.45, 2.75) is 13.3 Å². The second kappa shape index (κ2) is 5.51. The lowest BCUT2D eigenvalue weighted by Crippen LogP contribution is -2.14. The van der Waals surface area contributed by atoms with E-state index in [9.17, 15) is 13.2 Å². The van der Waals surface area contributed by atoms with E-state index in [1.54, 1.807) is 19.1 Å². The highest BCUT2D eigenvalue weighted by atomic mass is 35.5. The standard InChI is InChI=1S/C11H13ClO4S/c1-8-3-4-9(12)7-10(8)16-11(13)5-6-17(2,14)15/h3-4,7H,5-6H2,1-2H3. The van der Waals surface area contributed by atoms with Crippen molar-refractivity contribution in [2.24, 2.45) is 0 Å². The van der Waals surface area contributed by atoms with Gasteiger partial charge in [-0.25, -0.2) is 8.42 Å². The highest BCUT2D eigenvalue weighted by molar-refractivity contribution is 7.90. The molecular formula is C11H13ClO4S. The number of carbonyl (C=O) groups excluding carboxylic acids is 1. The van der Waals surface area contributed by atoms with Crippen LogP contribution in [0.1, 0.15) is 12.0 Å². The van der Waals surface area contributed by atoms with Crippen molar-refractivity contribution < 1.29 is 17.9 Å². The summed E-state index contributed by atoms with van der Waals surface area (Å²) in [5, 5.41) is 0.460. The zero-order valence-electron chi connectivity index (χ0n) is 9.57.